The fourth-order valence-electron chi connectivity index (χ4n) is 3.27. The Bertz CT molecular complexity index is 483. The lowest BCUT2D eigenvalue weighted by Gasteiger charge is -2.35. The maximum absolute atomic E-state index is 12.5. The highest BCUT2D eigenvalue weighted by Gasteiger charge is 2.34. The van der Waals surface area contributed by atoms with Gasteiger partial charge in [-0.25, -0.2) is 0 Å². The van der Waals surface area contributed by atoms with Crippen LogP contribution in [0.25, 0.3) is 0 Å². The highest BCUT2D eigenvalue weighted by Crippen LogP contribution is 2.26. The average Bonchev–Trinajstić information content (AvgIpc) is 2.83. The lowest BCUT2D eigenvalue weighted by molar-refractivity contribution is 0.0662. The molecule has 0 aromatic heterocycles. The molecule has 3 rings (SSSR count). The number of fused-ring (bicyclic) bond motifs is 1. The van der Waals surface area contributed by atoms with Crippen molar-refractivity contribution >= 4 is 17.5 Å². The highest BCUT2D eigenvalue weighted by atomic mass is 35.5. The number of hydrogen-bond donors (Lipinski definition) is 1. The van der Waals surface area contributed by atoms with Gasteiger partial charge in [0.2, 0.25) is 0 Å². The van der Waals surface area contributed by atoms with Crippen LogP contribution in [0.2, 0.25) is 5.02 Å². The third-order valence-electron chi connectivity index (χ3n) is 4.23. The predicted molar refractivity (Wildman–Crippen MR) is 76.6 cm³/mol. The molecule has 0 saturated carbocycles. The van der Waals surface area contributed by atoms with Crippen molar-refractivity contribution in [3.63, 3.8) is 0 Å². The normalized spacial score (nSPS) is 26.3. The highest BCUT2D eigenvalue weighted by molar-refractivity contribution is 6.31. The van der Waals surface area contributed by atoms with Gasteiger partial charge in [0.15, 0.2) is 0 Å². The summed E-state index contributed by atoms with van der Waals surface area (Å²) in [6, 6.07) is 6.19. The average molecular weight is 279 g/mol. The van der Waals surface area contributed by atoms with Crippen LogP contribution < -0.4 is 5.32 Å². The van der Waals surface area contributed by atoms with Gasteiger partial charge in [0, 0.05) is 29.7 Å². The molecule has 2 saturated heterocycles. The van der Waals surface area contributed by atoms with Crippen LogP contribution in [0.5, 0.6) is 0 Å². The van der Waals surface area contributed by atoms with E-state index in [4.69, 9.17) is 11.6 Å². The van der Waals surface area contributed by atoms with Crippen LogP contribution in [0, 0.1) is 12.8 Å². The molecule has 2 aliphatic heterocycles. The number of nitrogens with one attached hydrogen (secondary N) is 1. The summed E-state index contributed by atoms with van der Waals surface area (Å²) in [5.41, 5.74) is 1.75. The van der Waals surface area contributed by atoms with E-state index >= 15 is 0 Å². The number of benzene rings is 1. The number of rotatable bonds is 1. The van der Waals surface area contributed by atoms with E-state index in [1.165, 1.54) is 6.42 Å². The van der Waals surface area contributed by atoms with Gasteiger partial charge >= 0.3 is 0 Å². The summed E-state index contributed by atoms with van der Waals surface area (Å²) in [6.07, 6.45) is 2.25. The lowest BCUT2D eigenvalue weighted by Crippen LogP contribution is -2.46. The Kier molecular flexibility index (Phi) is 3.50. The molecule has 19 heavy (non-hydrogen) atoms. The van der Waals surface area contributed by atoms with Gasteiger partial charge in [0.05, 0.1) is 0 Å². The summed E-state index contributed by atoms with van der Waals surface area (Å²) in [4.78, 5) is 14.5. The molecule has 2 aliphatic rings. The monoisotopic (exact) mass is 278 g/mol. The number of amides is 1. The molecule has 2 heterocycles. The zero-order chi connectivity index (χ0) is 13.4. The van der Waals surface area contributed by atoms with E-state index < -0.39 is 0 Å². The summed E-state index contributed by atoms with van der Waals surface area (Å²) in [5, 5.41) is 4.16. The second-order valence-electron chi connectivity index (χ2n) is 5.67. The van der Waals surface area contributed by atoms with Crippen LogP contribution in [0.15, 0.2) is 18.2 Å². The molecular formula is C15H19ClN2O. The van der Waals surface area contributed by atoms with Gasteiger partial charge in [-0.15, -0.1) is 0 Å². The summed E-state index contributed by atoms with van der Waals surface area (Å²) in [7, 11) is 0. The number of carbonyl (C=O) groups excluding carboxylic acids is 1. The maximum atomic E-state index is 12.5. The van der Waals surface area contributed by atoms with Crippen molar-refractivity contribution in [2.45, 2.75) is 25.8 Å². The molecule has 2 unspecified atom stereocenters. The number of carbonyl (C=O) groups is 1. The fraction of sp³-hybridized carbons (Fsp3) is 0.533. The lowest BCUT2D eigenvalue weighted by atomic mass is 9.93. The second-order valence-corrected chi connectivity index (χ2v) is 6.10. The molecule has 1 amide bonds. The molecule has 1 aromatic rings. The Balaban J connectivity index is 1.76. The first-order valence-electron chi connectivity index (χ1n) is 6.93. The van der Waals surface area contributed by atoms with Crippen LogP contribution >= 0.6 is 11.6 Å². The number of likely N-dealkylation sites (tertiary alicyclic amines) is 1. The zero-order valence-corrected chi connectivity index (χ0v) is 11.9. The Labute approximate surface area is 118 Å². The topological polar surface area (TPSA) is 32.3 Å². The van der Waals surface area contributed by atoms with E-state index in [0.717, 1.165) is 37.2 Å². The minimum absolute atomic E-state index is 0.121. The van der Waals surface area contributed by atoms with E-state index in [2.05, 4.69) is 5.32 Å². The first-order chi connectivity index (χ1) is 9.13. The zero-order valence-electron chi connectivity index (χ0n) is 11.2. The second kappa shape index (κ2) is 5.14. The van der Waals surface area contributed by atoms with E-state index in [-0.39, 0.29) is 5.91 Å². The van der Waals surface area contributed by atoms with Gasteiger partial charge in [-0.1, -0.05) is 11.6 Å². The van der Waals surface area contributed by atoms with Crippen LogP contribution in [0.1, 0.15) is 28.8 Å². The van der Waals surface area contributed by atoms with E-state index in [9.17, 15) is 4.79 Å². The van der Waals surface area contributed by atoms with Crippen molar-refractivity contribution in [3.8, 4) is 0 Å². The van der Waals surface area contributed by atoms with Crippen molar-refractivity contribution in [2.75, 3.05) is 19.6 Å². The summed E-state index contributed by atoms with van der Waals surface area (Å²) < 4.78 is 0. The van der Waals surface area contributed by atoms with Crippen molar-refractivity contribution in [1.29, 1.82) is 0 Å². The van der Waals surface area contributed by atoms with Gasteiger partial charge in [-0.05, 0) is 56.0 Å². The van der Waals surface area contributed by atoms with Crippen molar-refractivity contribution in [3.05, 3.63) is 34.3 Å². The molecule has 3 nitrogen and oxygen atoms in total. The molecule has 102 valence electrons. The summed E-state index contributed by atoms with van der Waals surface area (Å²) >= 11 is 6.04. The van der Waals surface area contributed by atoms with Gasteiger partial charge in [0.25, 0.3) is 5.91 Å². The van der Waals surface area contributed by atoms with Gasteiger partial charge in [-0.3, -0.25) is 4.79 Å². The number of nitrogens with zero attached hydrogens (tertiary/aromatic N) is 1. The van der Waals surface area contributed by atoms with Crippen molar-refractivity contribution in [1.82, 2.24) is 10.2 Å². The number of hydrogen-bond acceptors (Lipinski definition) is 2. The van der Waals surface area contributed by atoms with Crippen LogP contribution in [-0.4, -0.2) is 36.5 Å². The molecule has 0 aliphatic carbocycles. The van der Waals surface area contributed by atoms with Crippen LogP contribution in [0.3, 0.4) is 0 Å². The van der Waals surface area contributed by atoms with E-state index in [1.54, 1.807) is 6.07 Å². The Hall–Kier alpha value is -1.06. The number of piperidine rings is 1. The molecule has 0 radical (unpaired) electrons. The Morgan fingerprint density at radius 2 is 2.21 bits per heavy atom. The van der Waals surface area contributed by atoms with Gasteiger partial charge in [-0.2, -0.15) is 0 Å². The standard InChI is InChI=1S/C15H19ClN2O/c1-10-6-12(8-13(16)7-10)15(19)18-5-3-14-11(9-18)2-4-17-14/h6-8,11,14,17H,2-5,9H2,1H3. The smallest absolute Gasteiger partial charge is 0.253 e. The minimum atomic E-state index is 0.121. The molecule has 1 aromatic carbocycles. The first-order valence-corrected chi connectivity index (χ1v) is 7.31. The molecular weight excluding hydrogens is 260 g/mol. The quantitative estimate of drug-likeness (QED) is 0.856. The fourth-order valence-corrected chi connectivity index (χ4v) is 3.56. The molecule has 0 spiro atoms. The number of aryl methyl sites for hydroxylation is 1. The molecule has 0 bridgehead atoms. The maximum Gasteiger partial charge on any atom is 0.253 e. The minimum Gasteiger partial charge on any atom is -0.338 e. The van der Waals surface area contributed by atoms with E-state index in [1.807, 2.05) is 24.0 Å². The molecule has 4 heteroatoms. The van der Waals surface area contributed by atoms with E-state index in [0.29, 0.717) is 17.0 Å². The van der Waals surface area contributed by atoms with Crippen molar-refractivity contribution < 1.29 is 4.79 Å². The summed E-state index contributed by atoms with van der Waals surface area (Å²) in [6.45, 7) is 4.78. The van der Waals surface area contributed by atoms with Gasteiger partial charge < -0.3 is 10.2 Å². The van der Waals surface area contributed by atoms with Crippen LogP contribution in [0.4, 0.5) is 0 Å². The molecule has 2 fully saturated rings. The summed E-state index contributed by atoms with van der Waals surface area (Å²) in [5.74, 6) is 0.744. The predicted octanol–water partition coefficient (Wildman–Crippen LogP) is 2.47. The number of halogens is 1. The third-order valence-corrected chi connectivity index (χ3v) is 4.45. The SMILES string of the molecule is Cc1cc(Cl)cc(C(=O)N2CCC3NCCC3C2)c1. The third kappa shape index (κ3) is 2.63. The Morgan fingerprint density at radius 3 is 3.00 bits per heavy atom. The molecule has 2 atom stereocenters. The van der Waals surface area contributed by atoms with Gasteiger partial charge in [0.1, 0.15) is 0 Å². The van der Waals surface area contributed by atoms with Crippen LogP contribution in [-0.2, 0) is 0 Å². The molecule has 1 N–H and O–H groups in total. The first kappa shape index (κ1) is 12.9. The van der Waals surface area contributed by atoms with Crippen molar-refractivity contribution in [2.24, 2.45) is 5.92 Å². The Morgan fingerprint density at radius 1 is 1.37 bits per heavy atom. The largest absolute Gasteiger partial charge is 0.338 e.